The van der Waals surface area contributed by atoms with Crippen LogP contribution in [0.5, 0.6) is 0 Å². The van der Waals surface area contributed by atoms with Crippen molar-refractivity contribution in [2.24, 2.45) is 5.92 Å². The molecule has 0 aliphatic carbocycles. The number of hydrogen-bond acceptors (Lipinski definition) is 3. The third kappa shape index (κ3) is 2.26. The van der Waals surface area contributed by atoms with Crippen molar-refractivity contribution in [2.75, 3.05) is 13.2 Å². The molecule has 112 valence electrons. The first-order valence-corrected chi connectivity index (χ1v) is 7.41. The minimum absolute atomic E-state index is 0.0920. The number of carbonyl (C=O) groups is 2. The summed E-state index contributed by atoms with van der Waals surface area (Å²) >= 11 is 0. The Morgan fingerprint density at radius 2 is 2.00 bits per heavy atom. The molecule has 0 aromatic heterocycles. The Kier molecular flexibility index (Phi) is 3.36. The zero-order valence-corrected chi connectivity index (χ0v) is 11.8. The van der Waals surface area contributed by atoms with Crippen molar-refractivity contribution in [1.82, 2.24) is 10.2 Å². The number of carbonyl (C=O) groups excluding carboxylic acids is 1. The minimum Gasteiger partial charge on any atom is -0.481 e. The van der Waals surface area contributed by atoms with E-state index in [4.69, 9.17) is 4.74 Å². The molecule has 6 heteroatoms. The van der Waals surface area contributed by atoms with E-state index < -0.39 is 5.97 Å². The van der Waals surface area contributed by atoms with Crippen molar-refractivity contribution in [3.63, 3.8) is 0 Å². The first kappa shape index (κ1) is 13.7. The van der Waals surface area contributed by atoms with Gasteiger partial charge in [-0.05, 0) is 39.0 Å². The van der Waals surface area contributed by atoms with Crippen LogP contribution in [0.3, 0.4) is 0 Å². The van der Waals surface area contributed by atoms with E-state index in [-0.39, 0.29) is 29.6 Å². The molecule has 6 nitrogen and oxygen atoms in total. The Bertz CT molecular complexity index is 419. The van der Waals surface area contributed by atoms with Gasteiger partial charge in [-0.3, -0.25) is 4.79 Å². The number of fused-ring (bicyclic) bond motifs is 2. The molecule has 20 heavy (non-hydrogen) atoms. The van der Waals surface area contributed by atoms with Crippen LogP contribution in [0.2, 0.25) is 0 Å². The molecule has 3 atom stereocenters. The number of rotatable bonds is 2. The van der Waals surface area contributed by atoms with Gasteiger partial charge in [-0.15, -0.1) is 0 Å². The highest BCUT2D eigenvalue weighted by Gasteiger charge is 2.52. The van der Waals surface area contributed by atoms with Crippen molar-refractivity contribution >= 4 is 12.0 Å². The summed E-state index contributed by atoms with van der Waals surface area (Å²) in [6.07, 6.45) is 3.97. The van der Waals surface area contributed by atoms with Crippen molar-refractivity contribution in [3.05, 3.63) is 0 Å². The molecule has 3 aliphatic heterocycles. The Morgan fingerprint density at radius 1 is 1.30 bits per heavy atom. The van der Waals surface area contributed by atoms with E-state index in [0.717, 1.165) is 25.7 Å². The Balaban J connectivity index is 1.67. The van der Waals surface area contributed by atoms with Crippen LogP contribution in [0.1, 0.15) is 39.0 Å². The first-order valence-electron chi connectivity index (χ1n) is 7.41. The Hall–Kier alpha value is -1.30. The van der Waals surface area contributed by atoms with Crippen LogP contribution < -0.4 is 5.32 Å². The van der Waals surface area contributed by atoms with Gasteiger partial charge in [0, 0.05) is 30.8 Å². The third-order valence-corrected chi connectivity index (χ3v) is 5.09. The smallest absolute Gasteiger partial charge is 0.318 e. The van der Waals surface area contributed by atoms with Gasteiger partial charge in [0.2, 0.25) is 0 Å². The summed E-state index contributed by atoms with van der Waals surface area (Å²) in [6, 6.07) is -0.115. The number of hydrogen-bond donors (Lipinski definition) is 2. The number of amides is 2. The summed E-state index contributed by atoms with van der Waals surface area (Å²) in [7, 11) is 0. The first-order chi connectivity index (χ1) is 9.50. The number of carboxylic acid groups (broad SMARTS) is 1. The van der Waals surface area contributed by atoms with E-state index in [1.165, 1.54) is 0 Å². The second-order valence-corrected chi connectivity index (χ2v) is 6.49. The molecule has 3 heterocycles. The van der Waals surface area contributed by atoms with E-state index >= 15 is 0 Å². The molecular formula is C14H22N2O4. The molecule has 2 N–H and O–H groups in total. The van der Waals surface area contributed by atoms with Gasteiger partial charge < -0.3 is 20.1 Å². The second-order valence-electron chi connectivity index (χ2n) is 6.49. The van der Waals surface area contributed by atoms with E-state index in [9.17, 15) is 14.7 Å². The van der Waals surface area contributed by atoms with E-state index in [1.807, 2.05) is 6.92 Å². The maximum atomic E-state index is 12.5. The molecule has 3 rings (SSSR count). The average Bonchev–Trinajstić information content (AvgIpc) is 2.96. The van der Waals surface area contributed by atoms with Crippen LogP contribution >= 0.6 is 0 Å². The summed E-state index contributed by atoms with van der Waals surface area (Å²) < 4.78 is 5.33. The lowest BCUT2D eigenvalue weighted by Crippen LogP contribution is -2.55. The fraction of sp³-hybridized carbons (Fsp3) is 0.857. The van der Waals surface area contributed by atoms with Crippen LogP contribution in [0.15, 0.2) is 0 Å². The summed E-state index contributed by atoms with van der Waals surface area (Å²) in [5, 5.41) is 12.3. The molecule has 3 unspecified atom stereocenters. The van der Waals surface area contributed by atoms with Gasteiger partial charge in [0.15, 0.2) is 0 Å². The van der Waals surface area contributed by atoms with Crippen LogP contribution in [0.25, 0.3) is 0 Å². The molecule has 0 aromatic rings. The molecule has 3 saturated heterocycles. The summed E-state index contributed by atoms with van der Waals surface area (Å²) in [5.41, 5.74) is -0.226. The van der Waals surface area contributed by atoms with E-state index in [2.05, 4.69) is 5.32 Å². The lowest BCUT2D eigenvalue weighted by atomic mass is 9.89. The summed E-state index contributed by atoms with van der Waals surface area (Å²) in [4.78, 5) is 25.6. The maximum Gasteiger partial charge on any atom is 0.318 e. The molecule has 0 aromatic carbocycles. The van der Waals surface area contributed by atoms with Gasteiger partial charge in [0.25, 0.3) is 0 Å². The number of aliphatic carboxylic acids is 1. The van der Waals surface area contributed by atoms with Gasteiger partial charge in [-0.1, -0.05) is 0 Å². The standard InChI is InChI=1S/C14H22N2O4/c1-14(4-6-20-7-5-14)15-13(19)16-9-2-3-11(16)10(8-9)12(17)18/h9-11H,2-8H2,1H3,(H,15,19)(H,17,18). The second kappa shape index (κ2) is 4.91. The number of nitrogens with one attached hydrogen (secondary N) is 1. The topological polar surface area (TPSA) is 78.9 Å². The minimum atomic E-state index is -0.771. The van der Waals surface area contributed by atoms with Crippen molar-refractivity contribution in [2.45, 2.75) is 56.7 Å². The lowest BCUT2D eigenvalue weighted by Gasteiger charge is -2.36. The molecule has 3 fully saturated rings. The van der Waals surface area contributed by atoms with Gasteiger partial charge in [-0.25, -0.2) is 4.79 Å². The SMILES string of the molecule is CC1(NC(=O)N2C3CCC2C(C(=O)O)C3)CCOCC1. The molecule has 0 spiro atoms. The number of urea groups is 1. The average molecular weight is 282 g/mol. The van der Waals surface area contributed by atoms with Crippen LogP contribution in [-0.2, 0) is 9.53 Å². The van der Waals surface area contributed by atoms with Crippen LogP contribution in [-0.4, -0.2) is 52.8 Å². The number of ether oxygens (including phenoxy) is 1. The Labute approximate surface area is 118 Å². The van der Waals surface area contributed by atoms with Crippen LogP contribution in [0.4, 0.5) is 4.79 Å². The van der Waals surface area contributed by atoms with E-state index in [1.54, 1.807) is 4.90 Å². The normalized spacial score (nSPS) is 35.0. The third-order valence-electron chi connectivity index (χ3n) is 5.09. The van der Waals surface area contributed by atoms with Gasteiger partial charge in [0.1, 0.15) is 0 Å². The monoisotopic (exact) mass is 282 g/mol. The number of nitrogens with zero attached hydrogens (tertiary/aromatic N) is 1. The molecule has 0 radical (unpaired) electrons. The highest BCUT2D eigenvalue weighted by molar-refractivity contribution is 5.79. The van der Waals surface area contributed by atoms with Crippen molar-refractivity contribution in [3.8, 4) is 0 Å². The van der Waals surface area contributed by atoms with Crippen molar-refractivity contribution in [1.29, 1.82) is 0 Å². The van der Waals surface area contributed by atoms with E-state index in [0.29, 0.717) is 19.6 Å². The van der Waals surface area contributed by atoms with Crippen LogP contribution in [0, 0.1) is 5.92 Å². The van der Waals surface area contributed by atoms with Gasteiger partial charge in [0.05, 0.1) is 5.92 Å². The van der Waals surface area contributed by atoms with Gasteiger partial charge in [-0.2, -0.15) is 0 Å². The highest BCUT2D eigenvalue weighted by atomic mass is 16.5. The molecule has 2 amide bonds. The molecule has 0 saturated carbocycles. The zero-order valence-electron chi connectivity index (χ0n) is 11.8. The quantitative estimate of drug-likeness (QED) is 0.797. The maximum absolute atomic E-state index is 12.5. The Morgan fingerprint density at radius 3 is 2.60 bits per heavy atom. The summed E-state index contributed by atoms with van der Waals surface area (Å²) in [5.74, 6) is -1.16. The largest absolute Gasteiger partial charge is 0.481 e. The fourth-order valence-corrected chi connectivity index (χ4v) is 3.84. The summed E-state index contributed by atoms with van der Waals surface area (Å²) in [6.45, 7) is 3.38. The van der Waals surface area contributed by atoms with Gasteiger partial charge >= 0.3 is 12.0 Å². The predicted octanol–water partition coefficient (Wildman–Crippen LogP) is 1.20. The lowest BCUT2D eigenvalue weighted by molar-refractivity contribution is -0.142. The number of carboxylic acids is 1. The molecule has 3 aliphatic rings. The molecule has 2 bridgehead atoms. The molecular weight excluding hydrogens is 260 g/mol. The highest BCUT2D eigenvalue weighted by Crippen LogP contribution is 2.42. The fourth-order valence-electron chi connectivity index (χ4n) is 3.84. The zero-order chi connectivity index (χ0) is 14.3. The predicted molar refractivity (Wildman–Crippen MR) is 71.4 cm³/mol. The van der Waals surface area contributed by atoms with Crippen molar-refractivity contribution < 1.29 is 19.4 Å².